The molecule has 6 heteroatoms. The predicted octanol–water partition coefficient (Wildman–Crippen LogP) is 4.02. The summed E-state index contributed by atoms with van der Waals surface area (Å²) in [5.74, 6) is 1.74. The second-order valence-electron chi connectivity index (χ2n) is 6.91. The van der Waals surface area contributed by atoms with Gasteiger partial charge in [0, 0.05) is 18.0 Å². The van der Waals surface area contributed by atoms with Crippen molar-refractivity contribution in [3.63, 3.8) is 0 Å². The van der Waals surface area contributed by atoms with Crippen molar-refractivity contribution in [3.05, 3.63) is 69.4 Å². The summed E-state index contributed by atoms with van der Waals surface area (Å²) in [5.41, 5.74) is 2.57. The van der Waals surface area contributed by atoms with Crippen LogP contribution in [0.3, 0.4) is 0 Å². The maximum absolute atomic E-state index is 6.22. The monoisotopic (exact) mass is 368 g/mol. The maximum atomic E-state index is 6.22. The van der Waals surface area contributed by atoms with Crippen molar-refractivity contribution in [1.29, 1.82) is 0 Å². The smallest absolute Gasteiger partial charge is 0.167 e. The fraction of sp³-hybridized carbons (Fsp3) is 0.400. The molecule has 5 nitrogen and oxygen atoms in total. The average Bonchev–Trinajstić information content (AvgIpc) is 3.36. The van der Waals surface area contributed by atoms with Crippen LogP contribution in [-0.4, -0.2) is 32.7 Å². The molecule has 3 heterocycles. The topological polar surface area (TPSA) is 54.0 Å². The van der Waals surface area contributed by atoms with Crippen LogP contribution in [0.25, 0.3) is 0 Å². The molecule has 1 aliphatic rings. The molecule has 3 aromatic rings. The Bertz CT molecular complexity index is 844. The van der Waals surface area contributed by atoms with Crippen LogP contribution in [0, 0.1) is 13.8 Å². The number of rotatable bonds is 6. The van der Waals surface area contributed by atoms with Gasteiger partial charge in [-0.1, -0.05) is 30.3 Å². The fourth-order valence-corrected chi connectivity index (χ4v) is 4.40. The highest BCUT2D eigenvalue weighted by molar-refractivity contribution is 7.10. The van der Waals surface area contributed by atoms with Gasteiger partial charge in [-0.25, -0.2) is 4.98 Å². The Hall–Kier alpha value is -2.02. The molecule has 0 bridgehead atoms. The molecular weight excluding hydrogens is 344 g/mol. The van der Waals surface area contributed by atoms with Crippen LogP contribution >= 0.6 is 11.3 Å². The summed E-state index contributed by atoms with van der Waals surface area (Å²) in [4.78, 5) is 8.45. The van der Waals surface area contributed by atoms with Crippen molar-refractivity contribution in [1.82, 2.24) is 20.1 Å². The Morgan fingerprint density at radius 1 is 1.23 bits per heavy atom. The minimum absolute atomic E-state index is 0.194. The largest absolute Gasteiger partial charge is 0.372 e. The van der Waals surface area contributed by atoms with E-state index in [4.69, 9.17) is 4.74 Å². The van der Waals surface area contributed by atoms with Gasteiger partial charge in [-0.3, -0.25) is 10.00 Å². The molecular formula is C20H24N4OS. The Labute approximate surface area is 158 Å². The number of nitrogens with zero attached hydrogens (tertiary/aromatic N) is 3. The summed E-state index contributed by atoms with van der Waals surface area (Å²) in [7, 11) is 0. The number of aromatic amines is 1. The molecule has 2 aromatic heterocycles. The van der Waals surface area contributed by atoms with Gasteiger partial charge in [-0.05, 0) is 42.8 Å². The van der Waals surface area contributed by atoms with Gasteiger partial charge in [0.05, 0.1) is 18.8 Å². The first-order valence-corrected chi connectivity index (χ1v) is 9.88. The Balaban J connectivity index is 1.47. The van der Waals surface area contributed by atoms with Gasteiger partial charge < -0.3 is 4.74 Å². The minimum atomic E-state index is 0.194. The first kappa shape index (κ1) is 17.4. The standard InChI is InChI=1S/C20H24N4OS/c1-14-8-9-26-19(14)12-24-11-17(25-13-16-6-4-3-5-7-16)10-18(24)20-21-15(2)22-23-20/h3-9,17-18H,10-13H2,1-2H3,(H,21,22,23)/t17-,18-/m0/s1. The van der Waals surface area contributed by atoms with Crippen molar-refractivity contribution in [2.45, 2.75) is 45.6 Å². The highest BCUT2D eigenvalue weighted by Crippen LogP contribution is 2.34. The van der Waals surface area contributed by atoms with Crippen molar-refractivity contribution >= 4 is 11.3 Å². The van der Waals surface area contributed by atoms with Gasteiger partial charge in [0.15, 0.2) is 5.82 Å². The predicted molar refractivity (Wildman–Crippen MR) is 103 cm³/mol. The van der Waals surface area contributed by atoms with Crippen molar-refractivity contribution in [3.8, 4) is 0 Å². The van der Waals surface area contributed by atoms with E-state index < -0.39 is 0 Å². The van der Waals surface area contributed by atoms with Crippen molar-refractivity contribution < 1.29 is 4.74 Å². The van der Waals surface area contributed by atoms with E-state index in [1.165, 1.54) is 16.0 Å². The third-order valence-electron chi connectivity index (χ3n) is 4.92. The molecule has 26 heavy (non-hydrogen) atoms. The van der Waals surface area contributed by atoms with Crippen LogP contribution < -0.4 is 0 Å². The lowest BCUT2D eigenvalue weighted by molar-refractivity contribution is 0.0462. The molecule has 136 valence electrons. The zero-order chi connectivity index (χ0) is 17.9. The molecule has 2 atom stereocenters. The summed E-state index contributed by atoms with van der Waals surface area (Å²) in [5, 5.41) is 9.57. The SMILES string of the molecule is Cc1nc([C@@H]2C[C@H](OCc3ccccc3)CN2Cc2sccc2C)n[nH]1. The van der Waals surface area contributed by atoms with Crippen LogP contribution in [0.5, 0.6) is 0 Å². The number of nitrogens with one attached hydrogen (secondary N) is 1. The summed E-state index contributed by atoms with van der Waals surface area (Å²) in [6.07, 6.45) is 1.12. The number of aromatic nitrogens is 3. The number of aryl methyl sites for hydroxylation is 2. The van der Waals surface area contributed by atoms with E-state index in [0.717, 1.165) is 31.2 Å². The molecule has 0 unspecified atom stereocenters. The van der Waals surface area contributed by atoms with Crippen LogP contribution in [0.15, 0.2) is 41.8 Å². The quantitative estimate of drug-likeness (QED) is 0.714. The summed E-state index contributed by atoms with van der Waals surface area (Å²) in [6, 6.07) is 12.7. The highest BCUT2D eigenvalue weighted by Gasteiger charge is 2.36. The third-order valence-corrected chi connectivity index (χ3v) is 5.93. The number of likely N-dealkylation sites (tertiary alicyclic amines) is 1. The lowest BCUT2D eigenvalue weighted by Crippen LogP contribution is -2.25. The summed E-state index contributed by atoms with van der Waals surface area (Å²) < 4.78 is 6.22. The number of H-pyrrole nitrogens is 1. The minimum Gasteiger partial charge on any atom is -0.372 e. The van der Waals surface area contributed by atoms with E-state index in [-0.39, 0.29) is 12.1 Å². The molecule has 1 aliphatic heterocycles. The molecule has 0 amide bonds. The molecule has 0 aliphatic carbocycles. The lowest BCUT2D eigenvalue weighted by Gasteiger charge is -2.21. The van der Waals surface area contributed by atoms with E-state index in [0.29, 0.717) is 6.61 Å². The van der Waals surface area contributed by atoms with Gasteiger partial charge in [0.1, 0.15) is 5.82 Å². The summed E-state index contributed by atoms with van der Waals surface area (Å²) >= 11 is 1.82. The third kappa shape index (κ3) is 3.87. The molecule has 1 saturated heterocycles. The second-order valence-corrected chi connectivity index (χ2v) is 7.91. The van der Waals surface area contributed by atoms with Gasteiger partial charge in [0.25, 0.3) is 0 Å². The second kappa shape index (κ2) is 7.70. The van der Waals surface area contributed by atoms with E-state index in [1.807, 2.05) is 24.3 Å². The number of benzene rings is 1. The molecule has 1 N–H and O–H groups in total. The number of thiophene rings is 1. The van der Waals surface area contributed by atoms with E-state index in [1.54, 1.807) is 0 Å². The normalized spacial score (nSPS) is 20.7. The molecule has 0 radical (unpaired) electrons. The lowest BCUT2D eigenvalue weighted by atomic mass is 10.2. The van der Waals surface area contributed by atoms with Gasteiger partial charge in [-0.15, -0.1) is 11.3 Å². The zero-order valence-electron chi connectivity index (χ0n) is 15.2. The number of ether oxygens (including phenoxy) is 1. The number of hydrogen-bond donors (Lipinski definition) is 1. The van der Waals surface area contributed by atoms with Crippen LogP contribution in [0.4, 0.5) is 0 Å². The Kier molecular flexibility index (Phi) is 5.15. The molecule has 1 fully saturated rings. The van der Waals surface area contributed by atoms with Crippen LogP contribution in [0.2, 0.25) is 0 Å². The van der Waals surface area contributed by atoms with Gasteiger partial charge >= 0.3 is 0 Å². The molecule has 4 rings (SSSR count). The molecule has 1 aromatic carbocycles. The van der Waals surface area contributed by atoms with Crippen molar-refractivity contribution in [2.75, 3.05) is 6.54 Å². The van der Waals surface area contributed by atoms with Crippen molar-refractivity contribution in [2.24, 2.45) is 0 Å². The zero-order valence-corrected chi connectivity index (χ0v) is 16.0. The van der Waals surface area contributed by atoms with Gasteiger partial charge in [0.2, 0.25) is 0 Å². The van der Waals surface area contributed by atoms with E-state index in [2.05, 4.69) is 62.7 Å². The first-order chi connectivity index (χ1) is 12.7. The summed E-state index contributed by atoms with van der Waals surface area (Å²) in [6.45, 7) is 6.60. The maximum Gasteiger partial charge on any atom is 0.167 e. The number of hydrogen-bond acceptors (Lipinski definition) is 5. The average molecular weight is 369 g/mol. The fourth-order valence-electron chi connectivity index (χ4n) is 3.47. The van der Waals surface area contributed by atoms with Gasteiger partial charge in [-0.2, -0.15) is 5.10 Å². The Morgan fingerprint density at radius 2 is 2.08 bits per heavy atom. The highest BCUT2D eigenvalue weighted by atomic mass is 32.1. The molecule has 0 spiro atoms. The van der Waals surface area contributed by atoms with E-state index in [9.17, 15) is 0 Å². The first-order valence-electron chi connectivity index (χ1n) is 9.00. The molecule has 0 saturated carbocycles. The Morgan fingerprint density at radius 3 is 2.77 bits per heavy atom. The van der Waals surface area contributed by atoms with E-state index >= 15 is 0 Å². The van der Waals surface area contributed by atoms with Crippen LogP contribution in [-0.2, 0) is 17.9 Å². The van der Waals surface area contributed by atoms with Crippen LogP contribution in [0.1, 0.15) is 40.1 Å².